The Hall–Kier alpha value is -3.09. The van der Waals surface area contributed by atoms with E-state index >= 15 is 0 Å². The van der Waals surface area contributed by atoms with Crippen molar-refractivity contribution in [3.05, 3.63) is 87.9 Å². The number of carbonyl (C=O) groups is 1. The number of hydrogen-bond donors (Lipinski definition) is 0. The summed E-state index contributed by atoms with van der Waals surface area (Å²) in [4.78, 5) is 19.5. The van der Waals surface area contributed by atoms with Crippen LogP contribution in [0, 0.1) is 5.82 Å². The fraction of sp³-hybridized carbons (Fsp3) is 0.200. The molecule has 1 amide bonds. The van der Waals surface area contributed by atoms with Crippen LogP contribution in [0.4, 0.5) is 10.1 Å². The fourth-order valence-electron chi connectivity index (χ4n) is 4.35. The Morgan fingerprint density at radius 3 is 2.70 bits per heavy atom. The third-order valence-corrected chi connectivity index (χ3v) is 6.67. The van der Waals surface area contributed by atoms with Gasteiger partial charge in [-0.25, -0.2) is 9.37 Å². The van der Waals surface area contributed by atoms with E-state index in [1.165, 1.54) is 6.07 Å². The van der Waals surface area contributed by atoms with E-state index in [-0.39, 0.29) is 30.6 Å². The predicted octanol–water partition coefficient (Wildman–Crippen LogP) is 6.06. The Morgan fingerprint density at radius 2 is 1.91 bits per heavy atom. The molecule has 0 N–H and O–H groups in total. The number of benzene rings is 3. The Labute approximate surface area is 200 Å². The molecule has 5 nitrogen and oxygen atoms in total. The summed E-state index contributed by atoms with van der Waals surface area (Å²) in [7, 11) is 1.57. The first kappa shape index (κ1) is 21.7. The number of ether oxygens (including phenoxy) is 1. The molecule has 5 rings (SSSR count). The molecule has 168 valence electrons. The number of anilines is 1. The zero-order chi connectivity index (χ0) is 23.1. The van der Waals surface area contributed by atoms with Crippen LogP contribution < -0.4 is 9.64 Å². The second-order valence-corrected chi connectivity index (χ2v) is 8.78. The molecule has 8 heteroatoms. The van der Waals surface area contributed by atoms with Crippen LogP contribution in [0.25, 0.3) is 11.0 Å². The zero-order valence-corrected chi connectivity index (χ0v) is 19.3. The average molecular weight is 484 g/mol. The van der Waals surface area contributed by atoms with E-state index in [0.29, 0.717) is 39.4 Å². The van der Waals surface area contributed by atoms with Gasteiger partial charge in [-0.05, 0) is 36.4 Å². The Bertz CT molecular complexity index is 1350. The van der Waals surface area contributed by atoms with E-state index in [4.69, 9.17) is 32.9 Å². The molecule has 1 aliphatic heterocycles. The fourth-order valence-corrected chi connectivity index (χ4v) is 4.80. The number of para-hydroxylation sites is 2. The van der Waals surface area contributed by atoms with Gasteiger partial charge in [-0.1, -0.05) is 41.4 Å². The van der Waals surface area contributed by atoms with Crippen LogP contribution in [0.15, 0.2) is 60.7 Å². The van der Waals surface area contributed by atoms with Crippen molar-refractivity contribution >= 4 is 45.8 Å². The molecule has 1 fully saturated rings. The van der Waals surface area contributed by atoms with Crippen molar-refractivity contribution in [1.82, 2.24) is 9.55 Å². The minimum atomic E-state index is -0.376. The molecule has 1 atom stereocenters. The summed E-state index contributed by atoms with van der Waals surface area (Å²) in [5, 5.41) is 0.822. The Kier molecular flexibility index (Phi) is 5.72. The van der Waals surface area contributed by atoms with E-state index in [2.05, 4.69) is 0 Å². The number of rotatable bonds is 5. The maximum atomic E-state index is 14.6. The summed E-state index contributed by atoms with van der Waals surface area (Å²) < 4.78 is 21.9. The molecule has 0 spiro atoms. The molecule has 33 heavy (non-hydrogen) atoms. The third-order valence-electron chi connectivity index (χ3n) is 6.00. The molecule has 0 bridgehead atoms. The van der Waals surface area contributed by atoms with Crippen molar-refractivity contribution in [3.63, 3.8) is 0 Å². The Balaban J connectivity index is 1.56. The van der Waals surface area contributed by atoms with Gasteiger partial charge in [-0.2, -0.15) is 0 Å². The van der Waals surface area contributed by atoms with E-state index in [1.807, 2.05) is 28.8 Å². The van der Waals surface area contributed by atoms with Crippen molar-refractivity contribution in [2.75, 3.05) is 18.6 Å². The zero-order valence-electron chi connectivity index (χ0n) is 17.8. The molecule has 1 unspecified atom stereocenters. The summed E-state index contributed by atoms with van der Waals surface area (Å²) >= 11 is 12.7. The highest BCUT2D eigenvalue weighted by Crippen LogP contribution is 2.38. The summed E-state index contributed by atoms with van der Waals surface area (Å²) in [6.45, 7) is 0.617. The van der Waals surface area contributed by atoms with Crippen LogP contribution in [0.3, 0.4) is 0 Å². The second kappa shape index (κ2) is 8.69. The van der Waals surface area contributed by atoms with E-state index in [9.17, 15) is 9.18 Å². The van der Waals surface area contributed by atoms with Gasteiger partial charge >= 0.3 is 0 Å². The van der Waals surface area contributed by atoms with Gasteiger partial charge in [0.15, 0.2) is 0 Å². The minimum absolute atomic E-state index is 0.0577. The predicted molar refractivity (Wildman–Crippen MR) is 128 cm³/mol. The van der Waals surface area contributed by atoms with Crippen LogP contribution >= 0.6 is 23.2 Å². The largest absolute Gasteiger partial charge is 0.497 e. The summed E-state index contributed by atoms with van der Waals surface area (Å²) in [6, 6.07) is 17.5. The lowest BCUT2D eigenvalue weighted by atomic mass is 10.1. The minimum Gasteiger partial charge on any atom is -0.497 e. The molecule has 0 radical (unpaired) electrons. The summed E-state index contributed by atoms with van der Waals surface area (Å²) in [5.41, 5.74) is 2.63. The molecule has 1 aromatic heterocycles. The number of imidazole rings is 1. The van der Waals surface area contributed by atoms with E-state index in [1.54, 1.807) is 42.3 Å². The topological polar surface area (TPSA) is 47.4 Å². The normalized spacial score (nSPS) is 16.1. The third kappa shape index (κ3) is 3.94. The number of halogens is 3. The van der Waals surface area contributed by atoms with Crippen LogP contribution in [-0.2, 0) is 11.3 Å². The number of fused-ring (bicyclic) bond motifs is 1. The van der Waals surface area contributed by atoms with Crippen LogP contribution in [0.1, 0.15) is 23.7 Å². The molecule has 4 aromatic rings. The average Bonchev–Trinajstić information content (AvgIpc) is 3.37. The molecular formula is C25H20Cl2FN3O2. The van der Waals surface area contributed by atoms with Gasteiger partial charge in [0.2, 0.25) is 5.91 Å². The number of carbonyl (C=O) groups excluding carboxylic acids is 1. The first-order valence-electron chi connectivity index (χ1n) is 10.5. The monoisotopic (exact) mass is 483 g/mol. The number of methoxy groups -OCH3 is 1. The van der Waals surface area contributed by atoms with Crippen molar-refractivity contribution in [3.8, 4) is 5.75 Å². The van der Waals surface area contributed by atoms with Crippen LogP contribution in [0.5, 0.6) is 5.75 Å². The van der Waals surface area contributed by atoms with Gasteiger partial charge in [-0.3, -0.25) is 4.79 Å². The van der Waals surface area contributed by atoms with Gasteiger partial charge in [0.1, 0.15) is 17.4 Å². The highest BCUT2D eigenvalue weighted by molar-refractivity contribution is 6.34. The number of amides is 1. The molecular weight excluding hydrogens is 464 g/mol. The van der Waals surface area contributed by atoms with Crippen LogP contribution in [0.2, 0.25) is 10.0 Å². The lowest BCUT2D eigenvalue weighted by Gasteiger charge is -2.19. The number of aromatic nitrogens is 2. The lowest BCUT2D eigenvalue weighted by molar-refractivity contribution is -0.117. The SMILES string of the molecule is COc1ccc(Cl)c(N2CC(c3nc4ccccc4n3Cc3c(F)cccc3Cl)CC2=O)c1. The molecule has 0 saturated carbocycles. The highest BCUT2D eigenvalue weighted by Gasteiger charge is 2.36. The quantitative estimate of drug-likeness (QED) is 0.346. The molecule has 1 saturated heterocycles. The van der Waals surface area contributed by atoms with Crippen molar-refractivity contribution in [1.29, 1.82) is 0 Å². The van der Waals surface area contributed by atoms with E-state index in [0.717, 1.165) is 11.0 Å². The maximum absolute atomic E-state index is 14.6. The second-order valence-electron chi connectivity index (χ2n) is 7.97. The first-order chi connectivity index (χ1) is 16.0. The molecule has 0 aliphatic carbocycles. The van der Waals surface area contributed by atoms with Crippen molar-refractivity contribution in [2.24, 2.45) is 0 Å². The van der Waals surface area contributed by atoms with Gasteiger partial charge in [-0.15, -0.1) is 0 Å². The maximum Gasteiger partial charge on any atom is 0.227 e. The molecule has 2 heterocycles. The molecule has 1 aliphatic rings. The van der Waals surface area contributed by atoms with Gasteiger partial charge in [0.25, 0.3) is 0 Å². The van der Waals surface area contributed by atoms with Crippen molar-refractivity contribution in [2.45, 2.75) is 18.9 Å². The highest BCUT2D eigenvalue weighted by atomic mass is 35.5. The van der Waals surface area contributed by atoms with Gasteiger partial charge < -0.3 is 14.2 Å². The standard InChI is InChI=1S/C25H20Cl2FN3O2/c1-33-16-9-10-19(27)23(12-16)30-13-15(11-24(30)32)25-29-21-7-2-3-8-22(21)31(25)14-17-18(26)5-4-6-20(17)28/h2-10,12,15H,11,13-14H2,1H3. The smallest absolute Gasteiger partial charge is 0.227 e. The van der Waals surface area contributed by atoms with Crippen LogP contribution in [-0.4, -0.2) is 29.1 Å². The summed E-state index contributed by atoms with van der Waals surface area (Å²) in [5.74, 6) is 0.700. The first-order valence-corrected chi connectivity index (χ1v) is 11.2. The Morgan fingerprint density at radius 1 is 1.09 bits per heavy atom. The van der Waals surface area contributed by atoms with Crippen molar-refractivity contribution < 1.29 is 13.9 Å². The molecule has 3 aromatic carbocycles. The van der Waals surface area contributed by atoms with E-state index < -0.39 is 0 Å². The number of hydrogen-bond acceptors (Lipinski definition) is 3. The van der Waals surface area contributed by atoms with Gasteiger partial charge in [0, 0.05) is 35.5 Å². The lowest BCUT2D eigenvalue weighted by Crippen LogP contribution is -2.25. The number of nitrogens with zero attached hydrogens (tertiary/aromatic N) is 3. The summed E-state index contributed by atoms with van der Waals surface area (Å²) in [6.07, 6.45) is 0.266. The van der Waals surface area contributed by atoms with Gasteiger partial charge in [0.05, 0.1) is 35.4 Å².